The summed E-state index contributed by atoms with van der Waals surface area (Å²) in [6.45, 7) is 4.12. The molecule has 0 bridgehead atoms. The molecule has 0 unspecified atom stereocenters. The Morgan fingerprint density at radius 3 is 2.52 bits per heavy atom. The molecule has 0 amide bonds. The van der Waals surface area contributed by atoms with Crippen LogP contribution in [0.4, 0.5) is 5.95 Å². The van der Waals surface area contributed by atoms with Crippen LogP contribution >= 0.6 is 0 Å². The number of ketones is 1. The molecule has 4 rings (SSSR count). The van der Waals surface area contributed by atoms with Gasteiger partial charge < -0.3 is 10.3 Å². The number of benzene rings is 2. The average molecular weight is 445 g/mol. The van der Waals surface area contributed by atoms with Crippen molar-refractivity contribution in [1.29, 1.82) is 0 Å². The van der Waals surface area contributed by atoms with Gasteiger partial charge in [0.05, 0.1) is 12.2 Å². The Kier molecular flexibility index (Phi) is 6.10. The topological polar surface area (TPSA) is 154 Å². The molecule has 2 aromatic carbocycles. The minimum atomic E-state index is -1.50. The third kappa shape index (κ3) is 4.70. The lowest BCUT2D eigenvalue weighted by molar-refractivity contribution is 0.101. The van der Waals surface area contributed by atoms with E-state index in [1.165, 1.54) is 0 Å². The number of nitrogens with zero attached hydrogens (tertiary/aromatic N) is 3. The zero-order chi connectivity index (χ0) is 23.6. The van der Waals surface area contributed by atoms with E-state index in [0.29, 0.717) is 28.6 Å². The van der Waals surface area contributed by atoms with Crippen LogP contribution in [0.15, 0.2) is 60.7 Å². The fourth-order valence-corrected chi connectivity index (χ4v) is 3.74. The number of carbonyl (C=O) groups is 1. The van der Waals surface area contributed by atoms with Crippen LogP contribution in [0, 0.1) is 6.92 Å². The third-order valence-corrected chi connectivity index (χ3v) is 5.40. The molecule has 0 aliphatic carbocycles. The van der Waals surface area contributed by atoms with Crippen molar-refractivity contribution < 1.29 is 4.79 Å². The van der Waals surface area contributed by atoms with Crippen LogP contribution in [-0.4, -0.2) is 32.1 Å². The van der Waals surface area contributed by atoms with E-state index < -0.39 is 5.79 Å². The number of hydrogen-bond donors (Lipinski definition) is 5. The van der Waals surface area contributed by atoms with Crippen molar-refractivity contribution in [3.05, 3.63) is 83.2 Å². The number of aromatic amines is 1. The molecule has 0 spiro atoms. The number of anilines is 1. The van der Waals surface area contributed by atoms with Crippen LogP contribution in [0.1, 0.15) is 34.2 Å². The quantitative estimate of drug-likeness (QED) is 0.206. The van der Waals surface area contributed by atoms with Crippen molar-refractivity contribution in [3.63, 3.8) is 0 Å². The van der Waals surface area contributed by atoms with Crippen molar-refractivity contribution in [2.75, 3.05) is 11.9 Å². The van der Waals surface area contributed by atoms with Crippen LogP contribution in [0.3, 0.4) is 0 Å². The van der Waals surface area contributed by atoms with Gasteiger partial charge in [0.25, 0.3) is 0 Å². The Labute approximate surface area is 192 Å². The molecule has 2 aromatic heterocycles. The summed E-state index contributed by atoms with van der Waals surface area (Å²) in [4.78, 5) is 16.0. The van der Waals surface area contributed by atoms with Gasteiger partial charge in [-0.05, 0) is 31.5 Å². The van der Waals surface area contributed by atoms with Crippen molar-refractivity contribution in [2.45, 2.75) is 26.1 Å². The van der Waals surface area contributed by atoms with E-state index in [-0.39, 0.29) is 12.3 Å². The number of rotatable bonds is 8. The van der Waals surface area contributed by atoms with E-state index >= 15 is 0 Å². The Bertz CT molecular complexity index is 1270. The zero-order valence-electron chi connectivity index (χ0n) is 18.7. The Morgan fingerprint density at radius 1 is 1.06 bits per heavy atom. The molecular weight excluding hydrogens is 416 g/mol. The van der Waals surface area contributed by atoms with Gasteiger partial charge in [0.1, 0.15) is 5.79 Å². The molecular formula is C24H28N8O. The van der Waals surface area contributed by atoms with Gasteiger partial charge in [0.2, 0.25) is 5.95 Å². The van der Waals surface area contributed by atoms with Gasteiger partial charge in [-0.25, -0.2) is 0 Å². The largest absolute Gasteiger partial charge is 0.362 e. The SMILES string of the molecule is CCc1[nH]c(C)cc1-c1nnc(NCC(=O)c2ccccc2)n1-c1cccc(C(N)(N)N)c1. The Hall–Kier alpha value is -3.79. The van der Waals surface area contributed by atoms with Crippen molar-refractivity contribution in [1.82, 2.24) is 19.7 Å². The molecule has 9 nitrogen and oxygen atoms in total. The van der Waals surface area contributed by atoms with Crippen molar-refractivity contribution >= 4 is 11.7 Å². The van der Waals surface area contributed by atoms with E-state index in [0.717, 1.165) is 23.4 Å². The minimum absolute atomic E-state index is 0.0583. The van der Waals surface area contributed by atoms with Crippen molar-refractivity contribution in [2.24, 2.45) is 17.2 Å². The van der Waals surface area contributed by atoms with Crippen LogP contribution in [0.5, 0.6) is 0 Å². The first-order valence-electron chi connectivity index (χ1n) is 10.7. The smallest absolute Gasteiger partial charge is 0.229 e. The molecule has 0 atom stereocenters. The fourth-order valence-electron chi connectivity index (χ4n) is 3.74. The number of H-pyrrole nitrogens is 1. The van der Waals surface area contributed by atoms with Gasteiger partial charge in [0.15, 0.2) is 11.6 Å². The van der Waals surface area contributed by atoms with Gasteiger partial charge in [-0.2, -0.15) is 0 Å². The van der Waals surface area contributed by atoms with Crippen LogP contribution in [0.2, 0.25) is 0 Å². The van der Waals surface area contributed by atoms with Gasteiger partial charge in [-0.3, -0.25) is 26.6 Å². The maximum absolute atomic E-state index is 12.7. The highest BCUT2D eigenvalue weighted by Crippen LogP contribution is 2.29. The van der Waals surface area contributed by atoms with E-state index in [1.807, 2.05) is 47.9 Å². The maximum Gasteiger partial charge on any atom is 0.229 e. The van der Waals surface area contributed by atoms with E-state index in [1.54, 1.807) is 24.3 Å². The number of nitrogens with one attached hydrogen (secondary N) is 2. The standard InChI is InChI=1S/C24H28N8O/c1-3-20-19(12-15(2)29-20)22-30-31-23(28-14-21(33)16-8-5-4-6-9-16)32(22)18-11-7-10-17(13-18)24(25,26)27/h4-13,29H,3,14,25-27H2,1-2H3,(H,28,31). The number of hydrogen-bond acceptors (Lipinski definition) is 7. The first kappa shape index (κ1) is 22.4. The minimum Gasteiger partial charge on any atom is -0.362 e. The van der Waals surface area contributed by atoms with E-state index in [9.17, 15) is 4.79 Å². The Morgan fingerprint density at radius 2 is 1.82 bits per heavy atom. The first-order chi connectivity index (χ1) is 15.8. The normalized spacial score (nSPS) is 11.5. The second-order valence-electron chi connectivity index (χ2n) is 8.01. The molecule has 2 heterocycles. The molecule has 0 saturated heterocycles. The maximum atomic E-state index is 12.7. The molecule has 33 heavy (non-hydrogen) atoms. The number of carbonyl (C=O) groups excluding carboxylic acids is 1. The molecule has 8 N–H and O–H groups in total. The highest BCUT2D eigenvalue weighted by molar-refractivity contribution is 5.98. The zero-order valence-corrected chi connectivity index (χ0v) is 18.7. The fraction of sp³-hybridized carbons (Fsp3) is 0.208. The highest BCUT2D eigenvalue weighted by Gasteiger charge is 2.22. The predicted molar refractivity (Wildman–Crippen MR) is 129 cm³/mol. The summed E-state index contributed by atoms with van der Waals surface area (Å²) in [7, 11) is 0. The molecule has 9 heteroatoms. The number of aromatic nitrogens is 4. The van der Waals surface area contributed by atoms with Crippen LogP contribution < -0.4 is 22.5 Å². The van der Waals surface area contributed by atoms with E-state index in [4.69, 9.17) is 17.2 Å². The van der Waals surface area contributed by atoms with Crippen molar-refractivity contribution in [3.8, 4) is 17.1 Å². The number of Topliss-reactive ketones (excluding diaryl/α,β-unsaturated/α-hetero) is 1. The van der Waals surface area contributed by atoms with Crippen LogP contribution in [0.25, 0.3) is 17.1 Å². The summed E-state index contributed by atoms with van der Waals surface area (Å²) in [6.07, 6.45) is 0.794. The first-order valence-corrected chi connectivity index (χ1v) is 10.7. The second kappa shape index (κ2) is 8.99. The summed E-state index contributed by atoms with van der Waals surface area (Å²) in [5, 5.41) is 11.9. The summed E-state index contributed by atoms with van der Waals surface area (Å²) in [6, 6.07) is 18.4. The molecule has 0 saturated carbocycles. The average Bonchev–Trinajstić information content (AvgIpc) is 3.40. The Balaban J connectivity index is 1.78. The summed E-state index contributed by atoms with van der Waals surface area (Å²) in [5.74, 6) is -0.513. The summed E-state index contributed by atoms with van der Waals surface area (Å²) < 4.78 is 1.84. The molecule has 0 aliphatic heterocycles. The number of aryl methyl sites for hydroxylation is 2. The van der Waals surface area contributed by atoms with E-state index in [2.05, 4.69) is 27.4 Å². The predicted octanol–water partition coefficient (Wildman–Crippen LogP) is 2.41. The molecule has 4 aromatic rings. The summed E-state index contributed by atoms with van der Waals surface area (Å²) >= 11 is 0. The lowest BCUT2D eigenvalue weighted by Gasteiger charge is -2.20. The monoisotopic (exact) mass is 444 g/mol. The van der Waals surface area contributed by atoms with Gasteiger partial charge in [-0.1, -0.05) is 49.4 Å². The lowest BCUT2D eigenvalue weighted by atomic mass is 10.1. The van der Waals surface area contributed by atoms with Gasteiger partial charge in [0, 0.05) is 28.1 Å². The lowest BCUT2D eigenvalue weighted by Crippen LogP contribution is -2.54. The third-order valence-electron chi connectivity index (χ3n) is 5.40. The molecule has 0 aliphatic rings. The van der Waals surface area contributed by atoms with Gasteiger partial charge >= 0.3 is 0 Å². The highest BCUT2D eigenvalue weighted by atomic mass is 16.1. The number of nitrogens with two attached hydrogens (primary N) is 3. The second-order valence-corrected chi connectivity index (χ2v) is 8.01. The van der Waals surface area contributed by atoms with Crippen LogP contribution in [-0.2, 0) is 12.2 Å². The van der Waals surface area contributed by atoms with Gasteiger partial charge in [-0.15, -0.1) is 10.2 Å². The molecule has 0 radical (unpaired) electrons. The molecule has 170 valence electrons. The molecule has 0 fully saturated rings. The summed E-state index contributed by atoms with van der Waals surface area (Å²) in [5.41, 5.74) is 22.6.